The van der Waals surface area contributed by atoms with Gasteiger partial charge < -0.3 is 15.1 Å². The van der Waals surface area contributed by atoms with Gasteiger partial charge in [0.2, 0.25) is 0 Å². The van der Waals surface area contributed by atoms with Gasteiger partial charge in [-0.15, -0.1) is 0 Å². The first kappa shape index (κ1) is 21.6. The first-order valence-electron chi connectivity index (χ1n) is 9.75. The van der Waals surface area contributed by atoms with Gasteiger partial charge in [0.1, 0.15) is 6.54 Å². The molecule has 2 aromatic rings. The minimum atomic E-state index is -0.00809. The average molecular weight is 434 g/mol. The van der Waals surface area contributed by atoms with Gasteiger partial charge in [0.15, 0.2) is 0 Å². The number of hydrogen-bond donors (Lipinski definition) is 3. The van der Waals surface area contributed by atoms with Crippen molar-refractivity contribution in [2.75, 3.05) is 40.3 Å². The Bertz CT molecular complexity index is 693. The van der Waals surface area contributed by atoms with Crippen LogP contribution in [0.25, 0.3) is 0 Å². The second-order valence-electron chi connectivity index (χ2n) is 7.27. The molecule has 3 N–H and O–H groups in total. The highest BCUT2D eigenvalue weighted by molar-refractivity contribution is 9.10. The first-order chi connectivity index (χ1) is 13.1. The molecule has 1 amide bonds. The number of quaternary nitrogens is 2. The number of halogens is 1. The molecule has 2 rings (SSSR count). The van der Waals surface area contributed by atoms with Crippen LogP contribution in [0.2, 0.25) is 0 Å². The van der Waals surface area contributed by atoms with Gasteiger partial charge in [-0.25, -0.2) is 0 Å². The van der Waals surface area contributed by atoms with E-state index in [4.69, 9.17) is 0 Å². The van der Waals surface area contributed by atoms with Gasteiger partial charge in [-0.05, 0) is 28.1 Å². The van der Waals surface area contributed by atoms with E-state index >= 15 is 0 Å². The van der Waals surface area contributed by atoms with Crippen LogP contribution in [0.5, 0.6) is 0 Å². The second kappa shape index (κ2) is 11.9. The van der Waals surface area contributed by atoms with Crippen molar-refractivity contribution in [2.45, 2.75) is 19.4 Å². The molecule has 2 atom stereocenters. The predicted octanol–water partition coefficient (Wildman–Crippen LogP) is 1.19. The Hall–Kier alpha value is -1.69. The summed E-state index contributed by atoms with van der Waals surface area (Å²) in [5.41, 5.74) is 2.10. The van der Waals surface area contributed by atoms with Crippen LogP contribution in [0.15, 0.2) is 59.1 Å². The summed E-state index contributed by atoms with van der Waals surface area (Å²) < 4.78 is 0.840. The van der Waals surface area contributed by atoms with Gasteiger partial charge in [-0.3, -0.25) is 4.79 Å². The fraction of sp³-hybridized carbons (Fsp3) is 0.409. The largest absolute Gasteiger partial charge is 0.352 e. The zero-order valence-corrected chi connectivity index (χ0v) is 18.0. The van der Waals surface area contributed by atoms with E-state index in [1.165, 1.54) is 30.0 Å². The Kier molecular flexibility index (Phi) is 9.53. The minimum Gasteiger partial charge on any atom is -0.352 e. The number of rotatable bonds is 11. The highest BCUT2D eigenvalue weighted by atomic mass is 79.9. The molecule has 0 spiro atoms. The maximum atomic E-state index is 12.2. The Labute approximate surface area is 171 Å². The van der Waals surface area contributed by atoms with Crippen molar-refractivity contribution in [1.29, 1.82) is 0 Å². The molecule has 0 aromatic heterocycles. The van der Waals surface area contributed by atoms with Crippen LogP contribution in [0, 0.1) is 0 Å². The lowest BCUT2D eigenvalue weighted by molar-refractivity contribution is -0.908. The molecular weight excluding hydrogens is 402 g/mol. The SMILES string of the molecule is C[NH+](CCCNC(=O)c1ccccc1Br)CCC[NH+](C)Cc1ccccc1. The molecule has 0 bridgehead atoms. The molecule has 0 aliphatic carbocycles. The summed E-state index contributed by atoms with van der Waals surface area (Å²) in [4.78, 5) is 15.2. The lowest BCUT2D eigenvalue weighted by Gasteiger charge is -2.17. The molecule has 0 radical (unpaired) electrons. The zero-order valence-electron chi connectivity index (χ0n) is 16.4. The number of benzene rings is 2. The number of hydrogen-bond acceptors (Lipinski definition) is 1. The standard InChI is InChI=1S/C22H30BrN3O/c1-25(16-9-17-26(2)18-19-10-4-3-5-11-19)15-8-14-24-22(27)20-12-6-7-13-21(20)23/h3-7,10-13H,8-9,14-18H2,1-2H3,(H,24,27)/p+2. The Morgan fingerprint density at radius 2 is 1.52 bits per heavy atom. The Morgan fingerprint density at radius 1 is 0.889 bits per heavy atom. The molecule has 146 valence electrons. The van der Waals surface area contributed by atoms with Crippen LogP contribution in [0.4, 0.5) is 0 Å². The summed E-state index contributed by atoms with van der Waals surface area (Å²) in [6.07, 6.45) is 2.21. The van der Waals surface area contributed by atoms with Crippen molar-refractivity contribution >= 4 is 21.8 Å². The van der Waals surface area contributed by atoms with E-state index in [9.17, 15) is 4.79 Å². The minimum absolute atomic E-state index is 0.00809. The average Bonchev–Trinajstić information content (AvgIpc) is 2.66. The third-order valence-electron chi connectivity index (χ3n) is 4.74. The van der Waals surface area contributed by atoms with Crippen LogP contribution in [-0.4, -0.2) is 46.2 Å². The van der Waals surface area contributed by atoms with E-state index in [0.29, 0.717) is 5.56 Å². The highest BCUT2D eigenvalue weighted by Gasteiger charge is 2.10. The molecule has 0 aliphatic heterocycles. The van der Waals surface area contributed by atoms with Crippen LogP contribution in [0.3, 0.4) is 0 Å². The van der Waals surface area contributed by atoms with Crippen molar-refractivity contribution in [3.63, 3.8) is 0 Å². The molecule has 27 heavy (non-hydrogen) atoms. The van der Waals surface area contributed by atoms with Crippen LogP contribution in [0.1, 0.15) is 28.8 Å². The van der Waals surface area contributed by atoms with Crippen molar-refractivity contribution in [3.05, 3.63) is 70.2 Å². The van der Waals surface area contributed by atoms with Crippen molar-refractivity contribution in [3.8, 4) is 0 Å². The summed E-state index contributed by atoms with van der Waals surface area (Å²) in [6, 6.07) is 18.2. The summed E-state index contributed by atoms with van der Waals surface area (Å²) in [5.74, 6) is -0.00809. The maximum absolute atomic E-state index is 12.2. The number of carbonyl (C=O) groups excluding carboxylic acids is 1. The highest BCUT2D eigenvalue weighted by Crippen LogP contribution is 2.15. The summed E-state index contributed by atoms with van der Waals surface area (Å²) in [6.45, 7) is 5.24. The fourth-order valence-electron chi connectivity index (χ4n) is 3.18. The molecular formula is C22H32BrN3O+2. The number of amides is 1. The van der Waals surface area contributed by atoms with Gasteiger partial charge in [-0.1, -0.05) is 42.5 Å². The van der Waals surface area contributed by atoms with E-state index in [1.54, 1.807) is 4.90 Å². The summed E-state index contributed by atoms with van der Waals surface area (Å²) in [5, 5.41) is 3.01. The van der Waals surface area contributed by atoms with Crippen LogP contribution < -0.4 is 15.1 Å². The fourth-order valence-corrected chi connectivity index (χ4v) is 3.65. The van der Waals surface area contributed by atoms with Crippen molar-refractivity contribution < 1.29 is 14.6 Å². The van der Waals surface area contributed by atoms with E-state index in [1.807, 2.05) is 24.3 Å². The van der Waals surface area contributed by atoms with E-state index in [-0.39, 0.29) is 5.91 Å². The van der Waals surface area contributed by atoms with Crippen molar-refractivity contribution in [1.82, 2.24) is 5.32 Å². The summed E-state index contributed by atoms with van der Waals surface area (Å²) in [7, 11) is 4.50. The third-order valence-corrected chi connectivity index (χ3v) is 5.43. The van der Waals surface area contributed by atoms with Gasteiger partial charge >= 0.3 is 0 Å². The molecule has 2 aromatic carbocycles. The predicted molar refractivity (Wildman–Crippen MR) is 114 cm³/mol. The van der Waals surface area contributed by atoms with Gasteiger partial charge in [-0.2, -0.15) is 0 Å². The van der Waals surface area contributed by atoms with Gasteiger partial charge in [0.05, 0.1) is 39.3 Å². The first-order valence-corrected chi connectivity index (χ1v) is 10.5. The maximum Gasteiger partial charge on any atom is 0.252 e. The lowest BCUT2D eigenvalue weighted by Crippen LogP contribution is -3.11. The number of nitrogens with one attached hydrogen (secondary N) is 3. The van der Waals surface area contributed by atoms with Crippen LogP contribution >= 0.6 is 15.9 Å². The lowest BCUT2D eigenvalue weighted by atomic mass is 10.2. The smallest absolute Gasteiger partial charge is 0.252 e. The molecule has 0 saturated heterocycles. The zero-order chi connectivity index (χ0) is 19.5. The molecule has 2 unspecified atom stereocenters. The van der Waals surface area contributed by atoms with Crippen molar-refractivity contribution in [2.24, 2.45) is 0 Å². The van der Waals surface area contributed by atoms with E-state index < -0.39 is 0 Å². The van der Waals surface area contributed by atoms with E-state index in [0.717, 1.165) is 30.5 Å². The Balaban J connectivity index is 1.55. The molecule has 0 aliphatic rings. The topological polar surface area (TPSA) is 38.0 Å². The quantitative estimate of drug-likeness (QED) is 0.457. The molecule has 0 fully saturated rings. The van der Waals surface area contributed by atoms with Gasteiger partial charge in [0.25, 0.3) is 5.91 Å². The normalized spacial score (nSPS) is 13.1. The second-order valence-corrected chi connectivity index (χ2v) is 8.12. The third kappa shape index (κ3) is 8.24. The summed E-state index contributed by atoms with van der Waals surface area (Å²) >= 11 is 3.42. The van der Waals surface area contributed by atoms with Crippen LogP contribution in [-0.2, 0) is 6.54 Å². The van der Waals surface area contributed by atoms with Gasteiger partial charge in [0, 0.05) is 29.4 Å². The monoisotopic (exact) mass is 433 g/mol. The number of carbonyl (C=O) groups is 1. The molecule has 0 heterocycles. The van der Waals surface area contributed by atoms with E-state index in [2.05, 4.69) is 65.7 Å². The molecule has 4 nitrogen and oxygen atoms in total. The Morgan fingerprint density at radius 3 is 2.26 bits per heavy atom. The molecule has 5 heteroatoms. The molecule has 0 saturated carbocycles.